The average Bonchev–Trinajstić information content (AvgIpc) is 2.68. The highest BCUT2D eigenvalue weighted by molar-refractivity contribution is 6.06. The molecular weight excluding hydrogens is 354 g/mol. The van der Waals surface area contributed by atoms with Crippen LogP contribution in [0.3, 0.4) is 0 Å². The van der Waals surface area contributed by atoms with Crippen LogP contribution in [0.25, 0.3) is 0 Å². The van der Waals surface area contributed by atoms with Gasteiger partial charge in [-0.3, -0.25) is 14.6 Å². The lowest BCUT2D eigenvalue weighted by Crippen LogP contribution is -2.39. The predicted octanol–water partition coefficient (Wildman–Crippen LogP) is 3.99. The zero-order valence-corrected chi connectivity index (χ0v) is 16.6. The monoisotopic (exact) mass is 381 g/mol. The first-order chi connectivity index (χ1) is 13.4. The Morgan fingerprint density at radius 3 is 2.71 bits per heavy atom. The summed E-state index contributed by atoms with van der Waals surface area (Å²) >= 11 is 0. The van der Waals surface area contributed by atoms with E-state index in [0.29, 0.717) is 28.5 Å². The van der Waals surface area contributed by atoms with Gasteiger partial charge in [-0.25, -0.2) is 0 Å². The number of piperidine rings is 1. The average molecular weight is 381 g/mol. The summed E-state index contributed by atoms with van der Waals surface area (Å²) in [6, 6.07) is 8.89. The first-order valence-electron chi connectivity index (χ1n) is 9.75. The van der Waals surface area contributed by atoms with E-state index in [1.165, 1.54) is 12.4 Å². The molecule has 0 bridgehead atoms. The van der Waals surface area contributed by atoms with Crippen LogP contribution in [0.2, 0.25) is 0 Å². The topological polar surface area (TPSA) is 71.5 Å². The maximum atomic E-state index is 12.8. The van der Waals surface area contributed by atoms with Crippen molar-refractivity contribution in [2.75, 3.05) is 18.4 Å². The molecule has 1 aliphatic heterocycles. The van der Waals surface area contributed by atoms with Gasteiger partial charge in [0.25, 0.3) is 11.8 Å². The Balaban J connectivity index is 1.75. The summed E-state index contributed by atoms with van der Waals surface area (Å²) in [6.45, 7) is 7.50. The zero-order valence-electron chi connectivity index (χ0n) is 16.6. The van der Waals surface area contributed by atoms with Crippen LogP contribution in [-0.4, -0.2) is 40.9 Å². The molecule has 28 heavy (non-hydrogen) atoms. The first-order valence-corrected chi connectivity index (χ1v) is 9.75. The van der Waals surface area contributed by atoms with Crippen molar-refractivity contribution in [1.82, 2.24) is 9.88 Å². The minimum atomic E-state index is -0.325. The molecule has 0 saturated carbocycles. The van der Waals surface area contributed by atoms with Crippen LogP contribution in [0, 0.1) is 5.92 Å². The van der Waals surface area contributed by atoms with Gasteiger partial charge in [-0.15, -0.1) is 0 Å². The van der Waals surface area contributed by atoms with Crippen molar-refractivity contribution in [1.29, 1.82) is 0 Å². The maximum Gasteiger partial charge on any atom is 0.257 e. The number of para-hydroxylation sites is 2. The number of nitrogens with one attached hydrogen (secondary N) is 1. The fourth-order valence-corrected chi connectivity index (χ4v) is 3.36. The molecule has 2 aromatic rings. The third-order valence-corrected chi connectivity index (χ3v) is 4.69. The van der Waals surface area contributed by atoms with Gasteiger partial charge in [0.15, 0.2) is 0 Å². The van der Waals surface area contributed by atoms with Crippen LogP contribution >= 0.6 is 0 Å². The molecule has 1 unspecified atom stereocenters. The van der Waals surface area contributed by atoms with Crippen LogP contribution in [-0.2, 0) is 0 Å². The zero-order chi connectivity index (χ0) is 20.1. The number of nitrogens with zero attached hydrogens (tertiary/aromatic N) is 2. The molecule has 1 atom stereocenters. The summed E-state index contributed by atoms with van der Waals surface area (Å²) in [4.78, 5) is 31.5. The second-order valence-electron chi connectivity index (χ2n) is 7.58. The van der Waals surface area contributed by atoms with Gasteiger partial charge in [0.05, 0.1) is 22.9 Å². The number of ether oxygens (including phenoxy) is 1. The number of carbonyl (C=O) groups is 2. The van der Waals surface area contributed by atoms with Crippen molar-refractivity contribution in [3.63, 3.8) is 0 Å². The third-order valence-electron chi connectivity index (χ3n) is 4.69. The second-order valence-corrected chi connectivity index (χ2v) is 7.58. The van der Waals surface area contributed by atoms with Gasteiger partial charge in [0, 0.05) is 25.5 Å². The number of carbonyl (C=O) groups excluding carboxylic acids is 2. The molecule has 148 valence electrons. The van der Waals surface area contributed by atoms with Gasteiger partial charge in [-0.05, 0) is 50.8 Å². The molecule has 2 amide bonds. The molecule has 1 saturated heterocycles. The fourth-order valence-electron chi connectivity index (χ4n) is 3.36. The number of pyridine rings is 1. The van der Waals surface area contributed by atoms with Gasteiger partial charge < -0.3 is 15.0 Å². The summed E-state index contributed by atoms with van der Waals surface area (Å²) in [5.41, 5.74) is 1.37. The SMILES string of the molecule is CC1CCCN(C(=O)c2cncc(C(=O)Nc3ccccc3OC(C)C)c2)C1. The molecule has 3 rings (SSSR count). The number of rotatable bonds is 5. The van der Waals surface area contributed by atoms with Gasteiger partial charge in [0.2, 0.25) is 0 Å². The minimum Gasteiger partial charge on any atom is -0.489 e. The minimum absolute atomic E-state index is 0.00685. The van der Waals surface area contributed by atoms with Crippen molar-refractivity contribution in [3.8, 4) is 5.75 Å². The molecule has 1 aliphatic rings. The number of benzene rings is 1. The summed E-state index contributed by atoms with van der Waals surface area (Å²) < 4.78 is 5.74. The lowest BCUT2D eigenvalue weighted by atomic mass is 9.99. The van der Waals surface area contributed by atoms with E-state index >= 15 is 0 Å². The highest BCUT2D eigenvalue weighted by Crippen LogP contribution is 2.25. The van der Waals surface area contributed by atoms with E-state index in [9.17, 15) is 9.59 Å². The van der Waals surface area contributed by atoms with E-state index in [2.05, 4.69) is 17.2 Å². The summed E-state index contributed by atoms with van der Waals surface area (Å²) in [7, 11) is 0. The fraction of sp³-hybridized carbons (Fsp3) is 0.409. The summed E-state index contributed by atoms with van der Waals surface area (Å²) in [5, 5.41) is 2.86. The first kappa shape index (κ1) is 19.9. The van der Waals surface area contributed by atoms with Crippen LogP contribution < -0.4 is 10.1 Å². The number of hydrogen-bond donors (Lipinski definition) is 1. The van der Waals surface area contributed by atoms with E-state index < -0.39 is 0 Å². The van der Waals surface area contributed by atoms with E-state index in [1.54, 1.807) is 12.1 Å². The molecule has 1 fully saturated rings. The Bertz CT molecular complexity index is 850. The molecule has 2 heterocycles. The van der Waals surface area contributed by atoms with Gasteiger partial charge in [-0.1, -0.05) is 19.1 Å². The molecule has 0 aliphatic carbocycles. The number of amides is 2. The molecular formula is C22H27N3O3. The molecule has 0 spiro atoms. The van der Waals surface area contributed by atoms with Crippen LogP contribution in [0.5, 0.6) is 5.75 Å². The maximum absolute atomic E-state index is 12.8. The van der Waals surface area contributed by atoms with Crippen molar-refractivity contribution in [2.24, 2.45) is 5.92 Å². The highest BCUT2D eigenvalue weighted by atomic mass is 16.5. The lowest BCUT2D eigenvalue weighted by Gasteiger charge is -2.31. The molecule has 6 heteroatoms. The normalized spacial score (nSPS) is 16.7. The summed E-state index contributed by atoms with van der Waals surface area (Å²) in [5.74, 6) is 0.703. The van der Waals surface area contributed by atoms with Gasteiger partial charge in [0.1, 0.15) is 5.75 Å². The number of likely N-dealkylation sites (tertiary alicyclic amines) is 1. The number of hydrogen-bond acceptors (Lipinski definition) is 4. The molecule has 1 N–H and O–H groups in total. The Kier molecular flexibility index (Phi) is 6.29. The molecule has 1 aromatic heterocycles. The quantitative estimate of drug-likeness (QED) is 0.850. The van der Waals surface area contributed by atoms with Crippen molar-refractivity contribution >= 4 is 17.5 Å². The molecule has 6 nitrogen and oxygen atoms in total. The van der Waals surface area contributed by atoms with E-state index in [4.69, 9.17) is 4.74 Å². The Morgan fingerprint density at radius 2 is 1.96 bits per heavy atom. The van der Waals surface area contributed by atoms with Crippen molar-refractivity contribution < 1.29 is 14.3 Å². The van der Waals surface area contributed by atoms with Crippen LogP contribution in [0.15, 0.2) is 42.7 Å². The van der Waals surface area contributed by atoms with E-state index in [0.717, 1.165) is 25.9 Å². The smallest absolute Gasteiger partial charge is 0.257 e. The largest absolute Gasteiger partial charge is 0.489 e. The third kappa shape index (κ3) is 4.88. The Labute approximate surface area is 165 Å². The Hall–Kier alpha value is -2.89. The Morgan fingerprint density at radius 1 is 1.21 bits per heavy atom. The standard InChI is InChI=1S/C22H27N3O3/c1-15(2)28-20-9-5-4-8-19(20)24-21(26)17-11-18(13-23-12-17)22(27)25-10-6-7-16(3)14-25/h4-5,8-9,11-13,15-16H,6-7,10,14H2,1-3H3,(H,24,26). The van der Waals surface area contributed by atoms with Gasteiger partial charge >= 0.3 is 0 Å². The van der Waals surface area contributed by atoms with Gasteiger partial charge in [-0.2, -0.15) is 0 Å². The predicted molar refractivity (Wildman–Crippen MR) is 109 cm³/mol. The van der Waals surface area contributed by atoms with E-state index in [-0.39, 0.29) is 17.9 Å². The lowest BCUT2D eigenvalue weighted by molar-refractivity contribution is 0.0682. The van der Waals surface area contributed by atoms with Crippen molar-refractivity contribution in [3.05, 3.63) is 53.9 Å². The number of anilines is 1. The summed E-state index contributed by atoms with van der Waals surface area (Å²) in [6.07, 6.45) is 5.13. The molecule has 0 radical (unpaired) electrons. The molecule has 1 aromatic carbocycles. The van der Waals surface area contributed by atoms with Crippen molar-refractivity contribution in [2.45, 2.75) is 39.7 Å². The van der Waals surface area contributed by atoms with E-state index in [1.807, 2.05) is 36.9 Å². The number of aromatic nitrogens is 1. The second kappa shape index (κ2) is 8.87. The van der Waals surface area contributed by atoms with Crippen LogP contribution in [0.1, 0.15) is 54.3 Å². The van der Waals surface area contributed by atoms with Crippen LogP contribution in [0.4, 0.5) is 5.69 Å². The highest BCUT2D eigenvalue weighted by Gasteiger charge is 2.23.